The zero-order valence-corrected chi connectivity index (χ0v) is 14.6. The molecule has 1 aliphatic rings. The van der Waals surface area contributed by atoms with Crippen molar-refractivity contribution in [1.29, 1.82) is 0 Å². The summed E-state index contributed by atoms with van der Waals surface area (Å²) in [5, 5.41) is 2.93. The smallest absolute Gasteiger partial charge is 0.246 e. The lowest BCUT2D eigenvalue weighted by atomic mass is 9.87. The van der Waals surface area contributed by atoms with Gasteiger partial charge in [-0.3, -0.25) is 9.59 Å². The van der Waals surface area contributed by atoms with Crippen LogP contribution in [0.25, 0.3) is 0 Å². The second-order valence-electron chi connectivity index (χ2n) is 6.98. The SMILES string of the molecule is CCC(CC)C(C)N1C(=O)C(C(C)C)NC(=O)C1C(C)C. The minimum atomic E-state index is -0.385. The summed E-state index contributed by atoms with van der Waals surface area (Å²) in [6.07, 6.45) is 2.06. The average Bonchev–Trinajstić information content (AvgIpc) is 2.40. The highest BCUT2D eigenvalue weighted by Crippen LogP contribution is 2.28. The molecule has 1 aliphatic heterocycles. The molecule has 3 atom stereocenters. The van der Waals surface area contributed by atoms with Crippen molar-refractivity contribution >= 4 is 11.8 Å². The Morgan fingerprint density at radius 1 is 1.00 bits per heavy atom. The van der Waals surface area contributed by atoms with Gasteiger partial charge in [-0.05, 0) is 24.7 Å². The van der Waals surface area contributed by atoms with E-state index in [1.165, 1.54) is 0 Å². The summed E-state index contributed by atoms with van der Waals surface area (Å²) in [4.78, 5) is 27.3. The maximum Gasteiger partial charge on any atom is 0.246 e. The van der Waals surface area contributed by atoms with E-state index in [0.717, 1.165) is 12.8 Å². The van der Waals surface area contributed by atoms with Crippen LogP contribution in [0, 0.1) is 17.8 Å². The lowest BCUT2D eigenvalue weighted by Crippen LogP contribution is -2.68. The van der Waals surface area contributed by atoms with E-state index in [1.54, 1.807) is 0 Å². The predicted octanol–water partition coefficient (Wildman–Crippen LogP) is 2.82. The minimum Gasteiger partial charge on any atom is -0.342 e. The summed E-state index contributed by atoms with van der Waals surface area (Å²) >= 11 is 0. The Hall–Kier alpha value is -1.06. The number of carbonyl (C=O) groups is 2. The molecule has 0 bridgehead atoms. The van der Waals surface area contributed by atoms with Crippen LogP contribution in [0.2, 0.25) is 0 Å². The Morgan fingerprint density at radius 3 is 1.90 bits per heavy atom. The first-order valence-electron chi connectivity index (χ1n) is 8.38. The topological polar surface area (TPSA) is 49.4 Å². The summed E-state index contributed by atoms with van der Waals surface area (Å²) < 4.78 is 0. The van der Waals surface area contributed by atoms with Crippen molar-refractivity contribution in [2.24, 2.45) is 17.8 Å². The quantitative estimate of drug-likeness (QED) is 0.819. The third kappa shape index (κ3) is 3.58. The Kier molecular flexibility index (Phi) is 6.24. The number of hydrogen-bond donors (Lipinski definition) is 1. The highest BCUT2D eigenvalue weighted by molar-refractivity contribution is 5.97. The molecule has 0 aromatic rings. The molecule has 0 spiro atoms. The predicted molar refractivity (Wildman–Crippen MR) is 85.8 cm³/mol. The molecule has 3 unspecified atom stereocenters. The van der Waals surface area contributed by atoms with Gasteiger partial charge in [0.2, 0.25) is 11.8 Å². The van der Waals surface area contributed by atoms with Gasteiger partial charge in [0.05, 0.1) is 0 Å². The maximum atomic E-state index is 12.9. The van der Waals surface area contributed by atoms with Gasteiger partial charge in [0, 0.05) is 6.04 Å². The van der Waals surface area contributed by atoms with E-state index < -0.39 is 0 Å². The maximum absolute atomic E-state index is 12.9. The number of hydrogen-bond acceptors (Lipinski definition) is 2. The lowest BCUT2D eigenvalue weighted by Gasteiger charge is -2.46. The Morgan fingerprint density at radius 2 is 1.52 bits per heavy atom. The summed E-state index contributed by atoms with van der Waals surface area (Å²) in [7, 11) is 0. The number of nitrogens with zero attached hydrogens (tertiary/aromatic N) is 1. The second kappa shape index (κ2) is 7.28. The number of rotatable bonds is 6. The number of amides is 2. The molecule has 21 heavy (non-hydrogen) atoms. The fourth-order valence-electron chi connectivity index (χ4n) is 3.45. The van der Waals surface area contributed by atoms with Gasteiger partial charge >= 0.3 is 0 Å². The van der Waals surface area contributed by atoms with E-state index >= 15 is 0 Å². The lowest BCUT2D eigenvalue weighted by molar-refractivity contribution is -0.156. The van der Waals surface area contributed by atoms with Gasteiger partial charge in [-0.2, -0.15) is 0 Å². The fraction of sp³-hybridized carbons (Fsp3) is 0.882. The largest absolute Gasteiger partial charge is 0.342 e. The molecule has 4 nitrogen and oxygen atoms in total. The average molecular weight is 296 g/mol. The van der Waals surface area contributed by atoms with Gasteiger partial charge in [-0.25, -0.2) is 0 Å². The highest BCUT2D eigenvalue weighted by atomic mass is 16.2. The third-order valence-corrected chi connectivity index (χ3v) is 4.85. The molecular weight excluding hydrogens is 264 g/mol. The molecule has 0 radical (unpaired) electrons. The molecule has 1 fully saturated rings. The zero-order valence-electron chi connectivity index (χ0n) is 14.6. The number of piperazine rings is 1. The van der Waals surface area contributed by atoms with Crippen molar-refractivity contribution in [3.8, 4) is 0 Å². The first-order valence-corrected chi connectivity index (χ1v) is 8.38. The zero-order chi connectivity index (χ0) is 16.3. The molecule has 122 valence electrons. The van der Waals surface area contributed by atoms with Gasteiger partial charge < -0.3 is 10.2 Å². The van der Waals surface area contributed by atoms with Crippen LogP contribution in [0.3, 0.4) is 0 Å². The summed E-state index contributed by atoms with van der Waals surface area (Å²) in [6, 6.07) is -0.625. The molecule has 0 aliphatic carbocycles. The minimum absolute atomic E-state index is 0.00102. The van der Waals surface area contributed by atoms with Crippen LogP contribution < -0.4 is 5.32 Å². The van der Waals surface area contributed by atoms with Crippen molar-refractivity contribution in [3.05, 3.63) is 0 Å². The van der Waals surface area contributed by atoms with E-state index in [2.05, 4.69) is 26.1 Å². The summed E-state index contributed by atoms with van der Waals surface area (Å²) in [6.45, 7) is 14.4. The first-order chi connectivity index (χ1) is 9.76. The van der Waals surface area contributed by atoms with Crippen LogP contribution in [-0.2, 0) is 9.59 Å². The number of carbonyl (C=O) groups excluding carboxylic acids is 2. The Labute approximate surface area is 129 Å². The van der Waals surface area contributed by atoms with Crippen LogP contribution in [-0.4, -0.2) is 34.8 Å². The molecule has 2 amide bonds. The van der Waals surface area contributed by atoms with Crippen molar-refractivity contribution in [2.75, 3.05) is 0 Å². The molecule has 0 aromatic carbocycles. The Balaban J connectivity index is 3.16. The van der Waals surface area contributed by atoms with Gasteiger partial charge in [-0.15, -0.1) is 0 Å². The molecule has 4 heteroatoms. The van der Waals surface area contributed by atoms with Gasteiger partial charge in [0.1, 0.15) is 12.1 Å². The van der Waals surface area contributed by atoms with E-state index in [9.17, 15) is 9.59 Å². The Bertz CT molecular complexity index is 375. The first kappa shape index (κ1) is 18.0. The highest BCUT2D eigenvalue weighted by Gasteiger charge is 2.45. The van der Waals surface area contributed by atoms with Crippen LogP contribution in [0.4, 0.5) is 0 Å². The van der Waals surface area contributed by atoms with Gasteiger partial charge in [-0.1, -0.05) is 54.4 Å². The van der Waals surface area contributed by atoms with Gasteiger partial charge in [0.25, 0.3) is 0 Å². The summed E-state index contributed by atoms with van der Waals surface area (Å²) in [5.41, 5.74) is 0. The molecule has 1 saturated heterocycles. The van der Waals surface area contributed by atoms with Crippen molar-refractivity contribution in [3.63, 3.8) is 0 Å². The molecule has 0 saturated carbocycles. The van der Waals surface area contributed by atoms with Crippen molar-refractivity contribution in [1.82, 2.24) is 10.2 Å². The van der Waals surface area contributed by atoms with E-state index in [0.29, 0.717) is 5.92 Å². The van der Waals surface area contributed by atoms with Crippen LogP contribution in [0.15, 0.2) is 0 Å². The molecule has 1 rings (SSSR count). The molecule has 1 N–H and O–H groups in total. The molecular formula is C17H32N2O2. The van der Waals surface area contributed by atoms with Crippen molar-refractivity contribution < 1.29 is 9.59 Å². The van der Waals surface area contributed by atoms with Gasteiger partial charge in [0.15, 0.2) is 0 Å². The normalized spacial score (nSPS) is 25.0. The van der Waals surface area contributed by atoms with Crippen LogP contribution >= 0.6 is 0 Å². The molecule has 0 aromatic heterocycles. The standard InChI is InChI=1S/C17H32N2O2/c1-8-13(9-2)12(7)19-15(11(5)6)16(20)18-14(10(3)4)17(19)21/h10-15H,8-9H2,1-7H3,(H,18,20). The van der Waals surface area contributed by atoms with Crippen LogP contribution in [0.1, 0.15) is 61.3 Å². The van der Waals surface area contributed by atoms with Crippen LogP contribution in [0.5, 0.6) is 0 Å². The van der Waals surface area contributed by atoms with E-state index in [4.69, 9.17) is 0 Å². The van der Waals surface area contributed by atoms with E-state index in [-0.39, 0.29) is 41.8 Å². The third-order valence-electron chi connectivity index (χ3n) is 4.85. The number of nitrogens with one attached hydrogen (secondary N) is 1. The van der Waals surface area contributed by atoms with E-state index in [1.807, 2.05) is 32.6 Å². The second-order valence-corrected chi connectivity index (χ2v) is 6.98. The summed E-state index contributed by atoms with van der Waals surface area (Å²) in [5.74, 6) is 0.766. The van der Waals surface area contributed by atoms with Crippen molar-refractivity contribution in [2.45, 2.75) is 79.4 Å². The monoisotopic (exact) mass is 296 g/mol. The molecule has 1 heterocycles. The fourth-order valence-corrected chi connectivity index (χ4v) is 3.45.